The summed E-state index contributed by atoms with van der Waals surface area (Å²) in [5.74, 6) is -0.470. The van der Waals surface area contributed by atoms with E-state index < -0.39 is 11.7 Å². The molecule has 0 bridgehead atoms. The molecule has 1 heterocycles. The minimum absolute atomic E-state index is 0.0242. The van der Waals surface area contributed by atoms with Gasteiger partial charge in [0.25, 0.3) is 5.91 Å². The molecule has 0 aliphatic rings. The molecule has 0 unspecified atom stereocenters. The molecule has 7 heteroatoms. The highest BCUT2D eigenvalue weighted by molar-refractivity contribution is 6.40. The number of carbonyl (C=O) groups excluding carboxylic acids is 1. The molecule has 0 aliphatic heterocycles. The van der Waals surface area contributed by atoms with Crippen LogP contribution in [0.4, 0.5) is 15.9 Å². The molecule has 21 heavy (non-hydrogen) atoms. The topological polar surface area (TPSA) is 54.0 Å². The molecule has 0 saturated heterocycles. The van der Waals surface area contributed by atoms with Crippen molar-refractivity contribution in [3.63, 3.8) is 0 Å². The van der Waals surface area contributed by atoms with Gasteiger partial charge in [0.1, 0.15) is 17.3 Å². The first kappa shape index (κ1) is 15.5. The highest BCUT2D eigenvalue weighted by Gasteiger charge is 2.14. The molecule has 0 fully saturated rings. The SMILES string of the molecule is CCNc1cccc(C(=O)Nc2c(Cl)cc(F)cc2Cl)n1. The number of aromatic nitrogens is 1. The normalized spacial score (nSPS) is 10.3. The molecule has 4 nitrogen and oxygen atoms in total. The van der Waals surface area contributed by atoms with Crippen LogP contribution >= 0.6 is 23.2 Å². The van der Waals surface area contributed by atoms with Crippen molar-refractivity contribution in [2.75, 3.05) is 17.2 Å². The van der Waals surface area contributed by atoms with Crippen LogP contribution in [-0.4, -0.2) is 17.4 Å². The van der Waals surface area contributed by atoms with Crippen molar-refractivity contribution in [3.05, 3.63) is 51.9 Å². The summed E-state index contributed by atoms with van der Waals surface area (Å²) in [6.45, 7) is 2.61. The Kier molecular flexibility index (Phi) is 4.98. The van der Waals surface area contributed by atoms with Gasteiger partial charge in [-0.05, 0) is 31.2 Å². The maximum absolute atomic E-state index is 13.1. The number of anilines is 2. The first-order chi connectivity index (χ1) is 10.0. The summed E-state index contributed by atoms with van der Waals surface area (Å²) in [6.07, 6.45) is 0. The minimum Gasteiger partial charge on any atom is -0.370 e. The molecule has 1 aromatic heterocycles. The van der Waals surface area contributed by atoms with Crippen LogP contribution in [0.25, 0.3) is 0 Å². The Hall–Kier alpha value is -1.85. The standard InChI is InChI=1S/C14H12Cl2FN3O/c1-2-18-12-5-3-4-11(19-12)14(21)20-13-9(15)6-8(17)7-10(13)16/h3-7H,2H2,1H3,(H,18,19)(H,20,21). The first-order valence-electron chi connectivity index (χ1n) is 6.18. The Labute approximate surface area is 131 Å². The Balaban J connectivity index is 2.24. The lowest BCUT2D eigenvalue weighted by Gasteiger charge is -2.10. The van der Waals surface area contributed by atoms with Gasteiger partial charge in [0.2, 0.25) is 0 Å². The zero-order chi connectivity index (χ0) is 15.4. The molecule has 0 radical (unpaired) electrons. The number of carbonyl (C=O) groups is 1. The number of rotatable bonds is 4. The van der Waals surface area contributed by atoms with E-state index in [1.54, 1.807) is 18.2 Å². The number of hydrogen-bond acceptors (Lipinski definition) is 3. The zero-order valence-corrected chi connectivity index (χ0v) is 12.6. The van der Waals surface area contributed by atoms with E-state index in [0.29, 0.717) is 12.4 Å². The van der Waals surface area contributed by atoms with Crippen molar-refractivity contribution < 1.29 is 9.18 Å². The fourth-order valence-electron chi connectivity index (χ4n) is 1.68. The number of hydrogen-bond donors (Lipinski definition) is 2. The lowest BCUT2D eigenvalue weighted by atomic mass is 10.2. The maximum atomic E-state index is 13.1. The van der Waals surface area contributed by atoms with Gasteiger partial charge in [-0.3, -0.25) is 4.79 Å². The summed E-state index contributed by atoms with van der Waals surface area (Å²) in [5.41, 5.74) is 0.352. The zero-order valence-electron chi connectivity index (χ0n) is 11.1. The van der Waals surface area contributed by atoms with Gasteiger partial charge in [-0.1, -0.05) is 29.3 Å². The lowest BCUT2D eigenvalue weighted by Crippen LogP contribution is -2.15. The number of nitrogens with one attached hydrogen (secondary N) is 2. The van der Waals surface area contributed by atoms with Crippen LogP contribution in [0.3, 0.4) is 0 Å². The van der Waals surface area contributed by atoms with Crippen molar-refractivity contribution in [2.45, 2.75) is 6.92 Å². The highest BCUT2D eigenvalue weighted by atomic mass is 35.5. The number of pyridine rings is 1. The Morgan fingerprint density at radius 2 is 1.95 bits per heavy atom. The van der Waals surface area contributed by atoms with Gasteiger partial charge in [-0.25, -0.2) is 9.37 Å². The van der Waals surface area contributed by atoms with Gasteiger partial charge < -0.3 is 10.6 Å². The predicted molar refractivity (Wildman–Crippen MR) is 82.8 cm³/mol. The molecule has 110 valence electrons. The van der Waals surface area contributed by atoms with E-state index in [4.69, 9.17) is 23.2 Å². The number of halogens is 3. The smallest absolute Gasteiger partial charge is 0.274 e. The van der Waals surface area contributed by atoms with Gasteiger partial charge in [0.15, 0.2) is 0 Å². The highest BCUT2D eigenvalue weighted by Crippen LogP contribution is 2.31. The molecular formula is C14H12Cl2FN3O. The van der Waals surface area contributed by atoms with Crippen molar-refractivity contribution in [1.82, 2.24) is 4.98 Å². The van der Waals surface area contributed by atoms with E-state index in [9.17, 15) is 9.18 Å². The summed E-state index contributed by atoms with van der Waals surface area (Å²) in [4.78, 5) is 16.3. The van der Waals surface area contributed by atoms with Crippen LogP contribution in [0.15, 0.2) is 30.3 Å². The molecular weight excluding hydrogens is 316 g/mol. The summed E-state index contributed by atoms with van der Waals surface area (Å²) in [7, 11) is 0. The van der Waals surface area contributed by atoms with E-state index in [2.05, 4.69) is 15.6 Å². The van der Waals surface area contributed by atoms with Crippen molar-refractivity contribution in [1.29, 1.82) is 0 Å². The third-order valence-electron chi connectivity index (χ3n) is 2.59. The fourth-order valence-corrected chi connectivity index (χ4v) is 2.23. The molecule has 0 saturated carbocycles. The molecule has 0 spiro atoms. The molecule has 0 aliphatic carbocycles. The molecule has 1 amide bonds. The Bertz CT molecular complexity index is 656. The average Bonchev–Trinajstić information content (AvgIpc) is 2.43. The van der Waals surface area contributed by atoms with Crippen LogP contribution in [-0.2, 0) is 0 Å². The van der Waals surface area contributed by atoms with Crippen LogP contribution in [0, 0.1) is 5.82 Å². The van der Waals surface area contributed by atoms with Crippen LogP contribution in [0.5, 0.6) is 0 Å². The third-order valence-corrected chi connectivity index (χ3v) is 3.18. The summed E-state index contributed by atoms with van der Waals surface area (Å²) >= 11 is 11.8. The van der Waals surface area contributed by atoms with Crippen molar-refractivity contribution >= 4 is 40.6 Å². The Morgan fingerprint density at radius 3 is 2.57 bits per heavy atom. The predicted octanol–water partition coefficient (Wildman–Crippen LogP) is 4.21. The van der Waals surface area contributed by atoms with Gasteiger partial charge in [0.05, 0.1) is 15.7 Å². The molecule has 2 rings (SSSR count). The van der Waals surface area contributed by atoms with Gasteiger partial charge >= 0.3 is 0 Å². The van der Waals surface area contributed by atoms with Crippen LogP contribution in [0.2, 0.25) is 10.0 Å². The molecule has 1 aromatic carbocycles. The quantitative estimate of drug-likeness (QED) is 0.884. The second kappa shape index (κ2) is 6.74. The summed E-state index contributed by atoms with van der Waals surface area (Å²) in [6, 6.07) is 7.16. The molecule has 2 aromatic rings. The summed E-state index contributed by atoms with van der Waals surface area (Å²) < 4.78 is 13.1. The van der Waals surface area contributed by atoms with Gasteiger partial charge in [-0.15, -0.1) is 0 Å². The lowest BCUT2D eigenvalue weighted by molar-refractivity contribution is 0.102. The first-order valence-corrected chi connectivity index (χ1v) is 6.93. The number of nitrogens with zero attached hydrogens (tertiary/aromatic N) is 1. The number of amides is 1. The fraction of sp³-hybridized carbons (Fsp3) is 0.143. The average molecular weight is 328 g/mol. The van der Waals surface area contributed by atoms with E-state index in [-0.39, 0.29) is 21.4 Å². The second-order valence-electron chi connectivity index (χ2n) is 4.14. The van der Waals surface area contributed by atoms with E-state index in [1.807, 2.05) is 6.92 Å². The third kappa shape index (κ3) is 3.83. The molecule has 2 N–H and O–H groups in total. The largest absolute Gasteiger partial charge is 0.370 e. The number of benzene rings is 1. The van der Waals surface area contributed by atoms with Crippen LogP contribution in [0.1, 0.15) is 17.4 Å². The van der Waals surface area contributed by atoms with Crippen molar-refractivity contribution in [2.24, 2.45) is 0 Å². The Morgan fingerprint density at radius 1 is 1.29 bits per heavy atom. The maximum Gasteiger partial charge on any atom is 0.274 e. The van der Waals surface area contributed by atoms with E-state index >= 15 is 0 Å². The minimum atomic E-state index is -0.574. The second-order valence-corrected chi connectivity index (χ2v) is 4.95. The van der Waals surface area contributed by atoms with Crippen LogP contribution < -0.4 is 10.6 Å². The monoisotopic (exact) mass is 327 g/mol. The van der Waals surface area contributed by atoms with Crippen molar-refractivity contribution in [3.8, 4) is 0 Å². The van der Waals surface area contributed by atoms with E-state index in [1.165, 1.54) is 0 Å². The van der Waals surface area contributed by atoms with Gasteiger partial charge in [0, 0.05) is 6.54 Å². The molecule has 0 atom stereocenters. The van der Waals surface area contributed by atoms with E-state index in [0.717, 1.165) is 12.1 Å². The van der Waals surface area contributed by atoms with Gasteiger partial charge in [-0.2, -0.15) is 0 Å². The summed E-state index contributed by atoms with van der Waals surface area (Å²) in [5, 5.41) is 5.58.